The summed E-state index contributed by atoms with van der Waals surface area (Å²) in [5.74, 6) is -0.437. The van der Waals surface area contributed by atoms with Gasteiger partial charge in [0.1, 0.15) is 5.38 Å². The van der Waals surface area contributed by atoms with Crippen molar-refractivity contribution >= 4 is 23.4 Å². The van der Waals surface area contributed by atoms with E-state index in [0.29, 0.717) is 6.61 Å². The minimum Gasteiger partial charge on any atom is -0.466 e. The molecule has 3 nitrogen and oxygen atoms in total. The predicted molar refractivity (Wildman–Crippen MR) is 70.8 cm³/mol. The second kappa shape index (κ2) is 6.55. The largest absolute Gasteiger partial charge is 0.466 e. The lowest BCUT2D eigenvalue weighted by molar-refractivity contribution is -0.142. The summed E-state index contributed by atoms with van der Waals surface area (Å²) in [5.41, 5.74) is 2.38. The number of esters is 1. The van der Waals surface area contributed by atoms with E-state index in [1.54, 1.807) is 13.0 Å². The first kappa shape index (κ1) is 14.7. The Labute approximate surface area is 112 Å². The molecule has 0 aromatic heterocycles. The molecular weight excluding hydrogens is 252 g/mol. The highest BCUT2D eigenvalue weighted by molar-refractivity contribution is 6.31. The van der Waals surface area contributed by atoms with Gasteiger partial charge >= 0.3 is 5.97 Å². The number of Topliss-reactive ketones (excluding diaryl/α,β-unsaturated/α-hetero) is 1. The number of halogens is 1. The highest BCUT2D eigenvalue weighted by atomic mass is 35.5. The topological polar surface area (TPSA) is 43.4 Å². The van der Waals surface area contributed by atoms with Crippen LogP contribution in [-0.4, -0.2) is 18.4 Å². The Morgan fingerprint density at radius 2 is 2.06 bits per heavy atom. The van der Waals surface area contributed by atoms with E-state index in [2.05, 4.69) is 0 Å². The van der Waals surface area contributed by atoms with Gasteiger partial charge < -0.3 is 4.74 Å². The van der Waals surface area contributed by atoms with E-state index in [4.69, 9.17) is 16.3 Å². The zero-order chi connectivity index (χ0) is 13.7. The maximum Gasteiger partial charge on any atom is 0.310 e. The van der Waals surface area contributed by atoms with Crippen LogP contribution in [0.2, 0.25) is 0 Å². The van der Waals surface area contributed by atoms with Crippen molar-refractivity contribution in [1.29, 1.82) is 0 Å². The van der Waals surface area contributed by atoms with Crippen LogP contribution in [0.1, 0.15) is 35.9 Å². The fourth-order valence-electron chi connectivity index (χ4n) is 1.83. The molecule has 1 aromatic carbocycles. The molecule has 1 aromatic rings. The van der Waals surface area contributed by atoms with Gasteiger partial charge in [-0.1, -0.05) is 18.2 Å². The SMILES string of the molecule is CCOC(=O)Cc1cccc(C)c1C(Cl)C(C)=O. The molecule has 0 fully saturated rings. The first-order chi connectivity index (χ1) is 8.47. The lowest BCUT2D eigenvalue weighted by atomic mass is 9.95. The van der Waals surface area contributed by atoms with Gasteiger partial charge in [0.15, 0.2) is 5.78 Å². The van der Waals surface area contributed by atoms with Gasteiger partial charge in [0.05, 0.1) is 13.0 Å². The molecule has 0 spiro atoms. The van der Waals surface area contributed by atoms with Gasteiger partial charge in [-0.3, -0.25) is 9.59 Å². The molecule has 0 heterocycles. The van der Waals surface area contributed by atoms with E-state index in [1.165, 1.54) is 6.92 Å². The molecule has 0 aliphatic carbocycles. The van der Waals surface area contributed by atoms with Crippen LogP contribution in [0.25, 0.3) is 0 Å². The number of rotatable bonds is 5. The van der Waals surface area contributed by atoms with Crippen LogP contribution in [0.4, 0.5) is 0 Å². The number of carbonyl (C=O) groups is 2. The van der Waals surface area contributed by atoms with Crippen molar-refractivity contribution in [2.24, 2.45) is 0 Å². The van der Waals surface area contributed by atoms with Crippen molar-refractivity contribution in [3.63, 3.8) is 0 Å². The maximum absolute atomic E-state index is 11.5. The number of benzene rings is 1. The lowest BCUT2D eigenvalue weighted by Gasteiger charge is -2.15. The van der Waals surface area contributed by atoms with Gasteiger partial charge in [-0.05, 0) is 37.5 Å². The Bertz CT molecular complexity index is 454. The van der Waals surface area contributed by atoms with Crippen LogP contribution in [-0.2, 0) is 20.7 Å². The third-order valence-corrected chi connectivity index (χ3v) is 3.19. The molecule has 0 radical (unpaired) electrons. The number of carbonyl (C=O) groups excluding carboxylic acids is 2. The van der Waals surface area contributed by atoms with Crippen molar-refractivity contribution in [3.05, 3.63) is 34.9 Å². The molecule has 98 valence electrons. The summed E-state index contributed by atoms with van der Waals surface area (Å²) in [4.78, 5) is 22.9. The van der Waals surface area contributed by atoms with Crippen LogP contribution < -0.4 is 0 Å². The van der Waals surface area contributed by atoms with E-state index in [1.807, 2.05) is 19.1 Å². The molecule has 0 bridgehead atoms. The number of ether oxygens (including phenoxy) is 1. The molecule has 0 saturated carbocycles. The maximum atomic E-state index is 11.5. The van der Waals surface area contributed by atoms with Crippen molar-refractivity contribution in [2.45, 2.75) is 32.6 Å². The molecule has 0 amide bonds. The van der Waals surface area contributed by atoms with Crippen molar-refractivity contribution in [3.8, 4) is 0 Å². The average Bonchev–Trinajstić information content (AvgIpc) is 2.28. The quantitative estimate of drug-likeness (QED) is 0.609. The minimum absolute atomic E-state index is 0.129. The van der Waals surface area contributed by atoms with E-state index in [-0.39, 0.29) is 18.2 Å². The summed E-state index contributed by atoms with van der Waals surface area (Å²) < 4.78 is 4.91. The van der Waals surface area contributed by atoms with E-state index >= 15 is 0 Å². The molecule has 0 saturated heterocycles. The fraction of sp³-hybridized carbons (Fsp3) is 0.429. The average molecular weight is 269 g/mol. The third-order valence-electron chi connectivity index (χ3n) is 2.66. The first-order valence-corrected chi connectivity index (χ1v) is 6.29. The second-order valence-electron chi connectivity index (χ2n) is 4.10. The predicted octanol–water partition coefficient (Wildman–Crippen LogP) is 2.97. The molecule has 0 aliphatic rings. The van der Waals surface area contributed by atoms with Gasteiger partial charge in [-0.25, -0.2) is 0 Å². The van der Waals surface area contributed by atoms with Crippen LogP contribution in [0.5, 0.6) is 0 Å². The number of ketones is 1. The molecule has 18 heavy (non-hydrogen) atoms. The number of aryl methyl sites for hydroxylation is 1. The normalized spacial score (nSPS) is 12.0. The van der Waals surface area contributed by atoms with Crippen LogP contribution >= 0.6 is 11.6 Å². The van der Waals surface area contributed by atoms with Crippen molar-refractivity contribution in [1.82, 2.24) is 0 Å². The van der Waals surface area contributed by atoms with Gasteiger partial charge in [0.25, 0.3) is 0 Å². The zero-order valence-electron chi connectivity index (χ0n) is 10.8. The molecule has 1 atom stereocenters. The van der Waals surface area contributed by atoms with E-state index in [9.17, 15) is 9.59 Å². The molecule has 1 unspecified atom stereocenters. The summed E-state index contributed by atoms with van der Waals surface area (Å²) >= 11 is 6.11. The zero-order valence-corrected chi connectivity index (χ0v) is 11.6. The van der Waals surface area contributed by atoms with Crippen LogP contribution in [0.15, 0.2) is 18.2 Å². The number of hydrogen-bond acceptors (Lipinski definition) is 3. The Morgan fingerprint density at radius 1 is 1.39 bits per heavy atom. The first-order valence-electron chi connectivity index (χ1n) is 5.85. The minimum atomic E-state index is -0.712. The summed E-state index contributed by atoms with van der Waals surface area (Å²) in [5, 5.41) is -0.712. The van der Waals surface area contributed by atoms with Gasteiger partial charge in [0.2, 0.25) is 0 Å². The Balaban J connectivity index is 3.08. The number of alkyl halides is 1. The monoisotopic (exact) mass is 268 g/mol. The molecule has 1 rings (SSSR count). The molecular formula is C14H17ClO3. The Morgan fingerprint density at radius 3 is 2.61 bits per heavy atom. The lowest BCUT2D eigenvalue weighted by Crippen LogP contribution is -2.13. The third kappa shape index (κ3) is 3.57. The molecule has 0 N–H and O–H groups in total. The Kier molecular flexibility index (Phi) is 5.35. The van der Waals surface area contributed by atoms with E-state index < -0.39 is 5.38 Å². The number of hydrogen-bond donors (Lipinski definition) is 0. The van der Waals surface area contributed by atoms with Crippen LogP contribution in [0, 0.1) is 6.92 Å². The van der Waals surface area contributed by atoms with Gasteiger partial charge in [0, 0.05) is 0 Å². The smallest absolute Gasteiger partial charge is 0.310 e. The second-order valence-corrected chi connectivity index (χ2v) is 4.54. The summed E-state index contributed by atoms with van der Waals surface area (Å²) in [6.07, 6.45) is 0.140. The Hall–Kier alpha value is -1.35. The summed E-state index contributed by atoms with van der Waals surface area (Å²) in [7, 11) is 0. The molecule has 0 aliphatic heterocycles. The van der Waals surface area contributed by atoms with Crippen molar-refractivity contribution in [2.75, 3.05) is 6.61 Å². The highest BCUT2D eigenvalue weighted by Crippen LogP contribution is 2.28. The standard InChI is InChI=1S/C14H17ClO3/c1-4-18-12(17)8-11-7-5-6-9(2)13(11)14(15)10(3)16/h5-7,14H,4,8H2,1-3H3. The van der Waals surface area contributed by atoms with Gasteiger partial charge in [-0.2, -0.15) is 0 Å². The van der Waals surface area contributed by atoms with Crippen molar-refractivity contribution < 1.29 is 14.3 Å². The van der Waals surface area contributed by atoms with Gasteiger partial charge in [-0.15, -0.1) is 11.6 Å². The van der Waals surface area contributed by atoms with Crippen LogP contribution in [0.3, 0.4) is 0 Å². The fourth-order valence-corrected chi connectivity index (χ4v) is 2.14. The summed E-state index contributed by atoms with van der Waals surface area (Å²) in [6, 6.07) is 5.52. The van der Waals surface area contributed by atoms with E-state index in [0.717, 1.165) is 16.7 Å². The highest BCUT2D eigenvalue weighted by Gasteiger charge is 2.20. The molecule has 4 heteroatoms. The summed E-state index contributed by atoms with van der Waals surface area (Å²) in [6.45, 7) is 5.42.